The zero-order chi connectivity index (χ0) is 17.1. The highest BCUT2D eigenvalue weighted by atomic mass is 32.1. The molecule has 23 heavy (non-hydrogen) atoms. The molecule has 0 radical (unpaired) electrons. The summed E-state index contributed by atoms with van der Waals surface area (Å²) in [5.41, 5.74) is 3.57. The minimum Gasteiger partial charge on any atom is -0.466 e. The molecule has 0 spiro atoms. The largest absolute Gasteiger partial charge is 0.466 e. The van der Waals surface area contributed by atoms with Gasteiger partial charge in [-0.25, -0.2) is 0 Å². The molecule has 0 aromatic heterocycles. The van der Waals surface area contributed by atoms with Crippen molar-refractivity contribution in [2.24, 2.45) is 0 Å². The average Bonchev–Trinajstić information content (AvgIpc) is 2.52. The number of thiocarbonyl (C=S) groups is 1. The maximum absolute atomic E-state index is 11.2. The Labute approximate surface area is 145 Å². The molecule has 0 aliphatic heterocycles. The zero-order valence-corrected chi connectivity index (χ0v) is 15.2. The van der Waals surface area contributed by atoms with Crippen LogP contribution < -0.4 is 10.6 Å². The molecule has 0 heterocycles. The molecule has 2 N–H and O–H groups in total. The lowest BCUT2D eigenvalue weighted by molar-refractivity contribution is -0.143. The summed E-state index contributed by atoms with van der Waals surface area (Å²) in [4.78, 5) is 11.2. The van der Waals surface area contributed by atoms with Crippen LogP contribution in [0, 0.1) is 6.92 Å². The van der Waals surface area contributed by atoms with E-state index in [1.54, 1.807) is 0 Å². The molecule has 0 saturated carbocycles. The average molecular weight is 337 g/mol. The summed E-state index contributed by atoms with van der Waals surface area (Å²) in [5, 5.41) is 6.91. The van der Waals surface area contributed by atoms with Gasteiger partial charge in [0.2, 0.25) is 0 Å². The second-order valence-electron chi connectivity index (χ2n) is 5.54. The summed E-state index contributed by atoms with van der Waals surface area (Å²) in [5.74, 6) is -0.160. The van der Waals surface area contributed by atoms with Crippen LogP contribution in [0.3, 0.4) is 0 Å². The van der Waals surface area contributed by atoms with Gasteiger partial charge in [0.1, 0.15) is 0 Å². The Morgan fingerprint density at radius 3 is 2.70 bits per heavy atom. The topological polar surface area (TPSA) is 50.4 Å². The van der Waals surface area contributed by atoms with Gasteiger partial charge in [0.05, 0.1) is 6.61 Å². The number of hydrogen-bond acceptors (Lipinski definition) is 3. The van der Waals surface area contributed by atoms with E-state index in [0.717, 1.165) is 12.1 Å². The number of benzene rings is 1. The summed E-state index contributed by atoms with van der Waals surface area (Å²) < 4.78 is 4.88. The van der Waals surface area contributed by atoms with E-state index < -0.39 is 0 Å². The van der Waals surface area contributed by atoms with E-state index in [4.69, 9.17) is 17.0 Å². The van der Waals surface area contributed by atoms with E-state index >= 15 is 0 Å². The Hall–Kier alpha value is -1.62. The summed E-state index contributed by atoms with van der Waals surface area (Å²) in [6.07, 6.45) is 4.66. The molecular formula is C18H28N2O2S. The van der Waals surface area contributed by atoms with Gasteiger partial charge >= 0.3 is 5.97 Å². The molecule has 1 rings (SSSR count). The van der Waals surface area contributed by atoms with Crippen LogP contribution in [0.25, 0.3) is 0 Å². The fourth-order valence-corrected chi connectivity index (χ4v) is 2.45. The minimum absolute atomic E-state index is 0.160. The number of esters is 1. The first-order valence-corrected chi connectivity index (χ1v) is 8.77. The van der Waals surface area contributed by atoms with Crippen LogP contribution >= 0.6 is 12.2 Å². The lowest BCUT2D eigenvalue weighted by Crippen LogP contribution is -2.29. The van der Waals surface area contributed by atoms with Crippen LogP contribution in [0.15, 0.2) is 18.2 Å². The number of anilines is 1. The molecule has 1 aromatic carbocycles. The summed E-state index contributed by atoms with van der Waals surface area (Å²) in [6.45, 7) is 7.18. The van der Waals surface area contributed by atoms with E-state index in [2.05, 4.69) is 42.7 Å². The van der Waals surface area contributed by atoms with Crippen LogP contribution in [-0.2, 0) is 16.0 Å². The highest BCUT2D eigenvalue weighted by molar-refractivity contribution is 7.80. The second-order valence-corrected chi connectivity index (χ2v) is 5.95. The number of unbranched alkanes of at least 4 members (excludes halogenated alkanes) is 1. The van der Waals surface area contributed by atoms with Gasteiger partial charge in [-0.1, -0.05) is 25.5 Å². The first kappa shape index (κ1) is 19.4. The van der Waals surface area contributed by atoms with Gasteiger partial charge in [-0.3, -0.25) is 4.79 Å². The predicted molar refractivity (Wildman–Crippen MR) is 99.9 cm³/mol. The molecule has 0 aliphatic rings. The van der Waals surface area contributed by atoms with Gasteiger partial charge in [0, 0.05) is 18.7 Å². The third-order valence-corrected chi connectivity index (χ3v) is 3.75. The third-order valence-electron chi connectivity index (χ3n) is 3.51. The molecule has 0 amide bonds. The molecule has 0 fully saturated rings. The third kappa shape index (κ3) is 7.98. The number of rotatable bonds is 9. The van der Waals surface area contributed by atoms with Crippen molar-refractivity contribution >= 4 is 29.0 Å². The molecule has 0 aliphatic carbocycles. The predicted octanol–water partition coefficient (Wildman–Crippen LogP) is 3.97. The molecule has 1 aromatic rings. The Bertz CT molecular complexity index is 518. The summed E-state index contributed by atoms with van der Waals surface area (Å²) >= 11 is 5.29. The van der Waals surface area contributed by atoms with Crippen LogP contribution in [0.2, 0.25) is 0 Å². The van der Waals surface area contributed by atoms with Crippen molar-refractivity contribution in [1.82, 2.24) is 5.32 Å². The molecule has 0 bridgehead atoms. The monoisotopic (exact) mass is 336 g/mol. The maximum Gasteiger partial charge on any atom is 0.305 e. The van der Waals surface area contributed by atoms with Crippen molar-refractivity contribution in [1.29, 1.82) is 0 Å². The number of hydrogen-bond donors (Lipinski definition) is 2. The van der Waals surface area contributed by atoms with Crippen molar-refractivity contribution in [2.75, 3.05) is 18.5 Å². The van der Waals surface area contributed by atoms with E-state index in [9.17, 15) is 4.79 Å². The number of carbonyl (C=O) groups excluding carboxylic acids is 1. The minimum atomic E-state index is -0.160. The highest BCUT2D eigenvalue weighted by Crippen LogP contribution is 2.17. The number of aryl methyl sites for hydroxylation is 2. The fourth-order valence-electron chi connectivity index (χ4n) is 2.24. The lowest BCUT2D eigenvalue weighted by Gasteiger charge is -2.13. The Morgan fingerprint density at radius 1 is 1.26 bits per heavy atom. The zero-order valence-electron chi connectivity index (χ0n) is 14.4. The van der Waals surface area contributed by atoms with Gasteiger partial charge in [0.15, 0.2) is 5.11 Å². The van der Waals surface area contributed by atoms with Crippen molar-refractivity contribution < 1.29 is 9.53 Å². The van der Waals surface area contributed by atoms with Gasteiger partial charge in [-0.15, -0.1) is 0 Å². The van der Waals surface area contributed by atoms with E-state index in [1.807, 2.05) is 6.92 Å². The van der Waals surface area contributed by atoms with Gasteiger partial charge in [-0.05, 0) is 62.5 Å². The second kappa shape index (κ2) is 11.0. The first-order valence-electron chi connectivity index (χ1n) is 8.36. The van der Waals surface area contributed by atoms with E-state index in [-0.39, 0.29) is 5.97 Å². The fraction of sp³-hybridized carbons (Fsp3) is 0.556. The number of ether oxygens (including phenoxy) is 1. The Kier molecular flexibility index (Phi) is 9.29. The normalized spacial score (nSPS) is 10.2. The standard InChI is InChI=1S/C18H28N2O2S/c1-4-6-8-15-10-11-16(14(3)13-15)20-18(23)19-12-7-9-17(21)22-5-2/h10-11,13H,4-9,12H2,1-3H3,(H2,19,20,23). The molecule has 128 valence electrons. The molecular weight excluding hydrogens is 308 g/mol. The van der Waals surface area contributed by atoms with Crippen molar-refractivity contribution in [3.05, 3.63) is 29.3 Å². The van der Waals surface area contributed by atoms with Gasteiger partial charge in [-0.2, -0.15) is 0 Å². The first-order chi connectivity index (χ1) is 11.1. The molecule has 0 atom stereocenters. The molecule has 4 nitrogen and oxygen atoms in total. The van der Waals surface area contributed by atoms with Crippen molar-refractivity contribution in [3.8, 4) is 0 Å². The quantitative estimate of drug-likeness (QED) is 0.406. The molecule has 0 unspecified atom stereocenters. The van der Waals surface area contributed by atoms with E-state index in [1.165, 1.54) is 24.0 Å². The van der Waals surface area contributed by atoms with Crippen LogP contribution in [-0.4, -0.2) is 24.2 Å². The van der Waals surface area contributed by atoms with Gasteiger partial charge < -0.3 is 15.4 Å². The highest BCUT2D eigenvalue weighted by Gasteiger charge is 2.04. The van der Waals surface area contributed by atoms with Crippen LogP contribution in [0.5, 0.6) is 0 Å². The number of carbonyl (C=O) groups is 1. The molecule has 0 saturated heterocycles. The van der Waals surface area contributed by atoms with Crippen LogP contribution in [0.4, 0.5) is 5.69 Å². The maximum atomic E-state index is 11.2. The Morgan fingerprint density at radius 2 is 2.04 bits per heavy atom. The van der Waals surface area contributed by atoms with Crippen molar-refractivity contribution in [3.63, 3.8) is 0 Å². The number of nitrogens with one attached hydrogen (secondary N) is 2. The lowest BCUT2D eigenvalue weighted by atomic mass is 10.0. The smallest absolute Gasteiger partial charge is 0.305 e. The summed E-state index contributed by atoms with van der Waals surface area (Å²) in [7, 11) is 0. The summed E-state index contributed by atoms with van der Waals surface area (Å²) in [6, 6.07) is 6.43. The van der Waals surface area contributed by atoms with Crippen LogP contribution in [0.1, 0.15) is 50.7 Å². The van der Waals surface area contributed by atoms with E-state index in [0.29, 0.717) is 31.1 Å². The van der Waals surface area contributed by atoms with Crippen molar-refractivity contribution in [2.45, 2.75) is 52.9 Å². The van der Waals surface area contributed by atoms with Gasteiger partial charge in [0.25, 0.3) is 0 Å². The Balaban J connectivity index is 2.35. The molecule has 5 heteroatoms. The SMILES string of the molecule is CCCCc1ccc(NC(=S)NCCCC(=O)OCC)c(C)c1.